The lowest BCUT2D eigenvalue weighted by Gasteiger charge is -2.08. The molecule has 0 aromatic carbocycles. The molecular formula is C6H6N4OS3. The Morgan fingerprint density at radius 1 is 1.07 bits per heavy atom. The van der Waals surface area contributed by atoms with E-state index in [0.29, 0.717) is 10.1 Å². The Bertz CT molecular complexity index is 339. The van der Waals surface area contributed by atoms with E-state index in [1.807, 2.05) is 0 Å². The van der Waals surface area contributed by atoms with Crippen LogP contribution in [0, 0.1) is 0 Å². The molecule has 0 unspecified atom stereocenters. The number of hydrogen-bond donors (Lipinski definition) is 2. The van der Waals surface area contributed by atoms with Crippen LogP contribution in [-0.2, 0) is 10.8 Å². The van der Waals surface area contributed by atoms with Gasteiger partial charge >= 0.3 is 0 Å². The highest BCUT2D eigenvalue weighted by Gasteiger charge is 2.15. The summed E-state index contributed by atoms with van der Waals surface area (Å²) in [6, 6.07) is 0. The lowest BCUT2D eigenvalue weighted by molar-refractivity contribution is 0.695. The van der Waals surface area contributed by atoms with Gasteiger partial charge in [0.05, 0.1) is 0 Å². The van der Waals surface area contributed by atoms with Crippen LogP contribution in [0.2, 0.25) is 0 Å². The zero-order chi connectivity index (χ0) is 9.80. The van der Waals surface area contributed by atoms with Crippen LogP contribution in [0.4, 0.5) is 0 Å². The molecule has 2 aliphatic rings. The first-order valence-corrected chi connectivity index (χ1v) is 6.50. The molecule has 0 aliphatic carbocycles. The molecule has 2 heterocycles. The zero-order valence-electron chi connectivity index (χ0n) is 6.84. The van der Waals surface area contributed by atoms with Gasteiger partial charge in [0.15, 0.2) is 10.1 Å². The summed E-state index contributed by atoms with van der Waals surface area (Å²) < 4.78 is 11.8. The maximum atomic E-state index is 11.8. The Balaban J connectivity index is 2.15. The molecule has 2 aliphatic heterocycles. The van der Waals surface area contributed by atoms with Crippen LogP contribution in [0.5, 0.6) is 0 Å². The van der Waals surface area contributed by atoms with E-state index in [-0.39, 0.29) is 0 Å². The Hall–Kier alpha value is -0.730. The van der Waals surface area contributed by atoms with Gasteiger partial charge in [0.25, 0.3) is 0 Å². The van der Waals surface area contributed by atoms with Crippen molar-refractivity contribution in [1.29, 1.82) is 0 Å². The molecule has 0 atom stereocenters. The highest BCUT2D eigenvalue weighted by atomic mass is 32.2. The molecular weight excluding hydrogens is 240 g/mol. The van der Waals surface area contributed by atoms with Gasteiger partial charge < -0.3 is 0 Å². The average molecular weight is 246 g/mol. The van der Waals surface area contributed by atoms with Crippen molar-refractivity contribution in [2.24, 2.45) is 10.2 Å². The van der Waals surface area contributed by atoms with E-state index in [4.69, 9.17) is 0 Å². The second-order valence-corrected chi connectivity index (χ2v) is 4.95. The van der Waals surface area contributed by atoms with E-state index in [2.05, 4.69) is 19.9 Å². The number of nitrogens with zero attached hydrogens (tertiary/aromatic N) is 2. The normalized spacial score (nSPS) is 19.8. The molecule has 0 amide bonds. The smallest absolute Gasteiger partial charge is 0.155 e. The molecule has 2 N–H and O–H groups in total. The molecule has 0 aromatic rings. The van der Waals surface area contributed by atoms with Gasteiger partial charge in [-0.05, 0) is 46.9 Å². The van der Waals surface area contributed by atoms with E-state index >= 15 is 0 Å². The minimum Gasteiger partial charge on any atom is -0.246 e. The van der Waals surface area contributed by atoms with Gasteiger partial charge in [-0.2, -0.15) is 10.2 Å². The van der Waals surface area contributed by atoms with Gasteiger partial charge in [-0.15, -0.1) is 0 Å². The highest BCUT2D eigenvalue weighted by Crippen LogP contribution is 2.09. The largest absolute Gasteiger partial charge is 0.246 e. The van der Waals surface area contributed by atoms with Crippen LogP contribution in [0.25, 0.3) is 0 Å². The van der Waals surface area contributed by atoms with E-state index in [0.717, 1.165) is 0 Å². The highest BCUT2D eigenvalue weighted by molar-refractivity contribution is 8.15. The SMILES string of the molecule is O=S(C1=NNSC=C1)C1=NNSC=C1. The molecule has 0 saturated carbocycles. The number of hydrogen-bond acceptors (Lipinski definition) is 7. The average Bonchev–Trinajstić information content (AvgIpc) is 2.30. The van der Waals surface area contributed by atoms with Crippen molar-refractivity contribution in [1.82, 2.24) is 9.66 Å². The van der Waals surface area contributed by atoms with E-state index in [1.165, 1.54) is 23.9 Å². The summed E-state index contributed by atoms with van der Waals surface area (Å²) >= 11 is 2.67. The molecule has 2 rings (SSSR count). The number of rotatable bonds is 0. The number of nitrogens with one attached hydrogen (secondary N) is 2. The maximum absolute atomic E-state index is 11.8. The molecule has 8 heteroatoms. The van der Waals surface area contributed by atoms with E-state index in [1.54, 1.807) is 23.0 Å². The summed E-state index contributed by atoms with van der Waals surface area (Å²) in [5.74, 6) is 0. The predicted octanol–water partition coefficient (Wildman–Crippen LogP) is 0.892. The van der Waals surface area contributed by atoms with Crippen molar-refractivity contribution in [2.45, 2.75) is 0 Å². The van der Waals surface area contributed by atoms with E-state index in [9.17, 15) is 4.21 Å². The Labute approximate surface area is 91.9 Å². The van der Waals surface area contributed by atoms with Crippen LogP contribution >= 0.6 is 23.9 Å². The monoisotopic (exact) mass is 246 g/mol. The van der Waals surface area contributed by atoms with Crippen molar-refractivity contribution in [3.63, 3.8) is 0 Å². The molecule has 0 bridgehead atoms. The van der Waals surface area contributed by atoms with Crippen molar-refractivity contribution < 1.29 is 4.21 Å². The fourth-order valence-electron chi connectivity index (χ4n) is 0.776. The lowest BCUT2D eigenvalue weighted by atomic mass is 10.7. The summed E-state index contributed by atoms with van der Waals surface area (Å²) in [5.41, 5.74) is 0. The topological polar surface area (TPSA) is 65.8 Å². The Morgan fingerprint density at radius 2 is 1.57 bits per heavy atom. The first-order chi connectivity index (χ1) is 6.88. The van der Waals surface area contributed by atoms with Crippen LogP contribution in [0.3, 0.4) is 0 Å². The lowest BCUT2D eigenvalue weighted by Crippen LogP contribution is -2.20. The minimum atomic E-state index is -1.32. The van der Waals surface area contributed by atoms with Gasteiger partial charge in [0.2, 0.25) is 0 Å². The van der Waals surface area contributed by atoms with Crippen molar-refractivity contribution in [3.05, 3.63) is 23.0 Å². The van der Waals surface area contributed by atoms with Crippen LogP contribution in [0.1, 0.15) is 0 Å². The van der Waals surface area contributed by atoms with E-state index < -0.39 is 10.8 Å². The Kier molecular flexibility index (Phi) is 3.27. The first kappa shape index (κ1) is 9.81. The Morgan fingerprint density at radius 3 is 1.93 bits per heavy atom. The second-order valence-electron chi connectivity index (χ2n) is 2.19. The fraction of sp³-hybridized carbons (Fsp3) is 0. The molecule has 14 heavy (non-hydrogen) atoms. The molecule has 0 spiro atoms. The quantitative estimate of drug-likeness (QED) is 0.621. The molecule has 0 fully saturated rings. The van der Waals surface area contributed by atoms with Gasteiger partial charge in [-0.25, -0.2) is 13.9 Å². The van der Waals surface area contributed by atoms with Crippen molar-refractivity contribution in [3.8, 4) is 0 Å². The van der Waals surface area contributed by atoms with Crippen molar-refractivity contribution in [2.75, 3.05) is 0 Å². The second kappa shape index (κ2) is 4.67. The van der Waals surface area contributed by atoms with Crippen LogP contribution in [-0.4, -0.2) is 14.3 Å². The van der Waals surface area contributed by atoms with Crippen molar-refractivity contribution >= 4 is 44.8 Å². The van der Waals surface area contributed by atoms with Crippen LogP contribution in [0.15, 0.2) is 33.2 Å². The first-order valence-electron chi connectivity index (χ1n) is 3.59. The molecule has 5 nitrogen and oxygen atoms in total. The van der Waals surface area contributed by atoms with Gasteiger partial charge in [0, 0.05) is 0 Å². The maximum Gasteiger partial charge on any atom is 0.155 e. The third-order valence-electron chi connectivity index (χ3n) is 1.35. The van der Waals surface area contributed by atoms with Gasteiger partial charge in [0.1, 0.15) is 10.8 Å². The van der Waals surface area contributed by atoms with Crippen LogP contribution < -0.4 is 9.66 Å². The summed E-state index contributed by atoms with van der Waals surface area (Å²) in [6.45, 7) is 0. The van der Waals surface area contributed by atoms with Gasteiger partial charge in [-0.3, -0.25) is 0 Å². The number of hydrazone groups is 2. The summed E-state index contributed by atoms with van der Waals surface area (Å²) in [4.78, 5) is 5.35. The minimum absolute atomic E-state index is 0.473. The zero-order valence-corrected chi connectivity index (χ0v) is 9.29. The standard InChI is InChI=1S/C6H6N4OS3/c11-14(5-1-3-12-9-7-5)6-2-4-13-10-8-6/h1-4,9-10H. The summed E-state index contributed by atoms with van der Waals surface area (Å²) in [5, 5.41) is 12.3. The molecule has 0 radical (unpaired) electrons. The van der Waals surface area contributed by atoms with Gasteiger partial charge in [-0.1, -0.05) is 0 Å². The predicted molar refractivity (Wildman–Crippen MR) is 62.7 cm³/mol. The molecule has 74 valence electrons. The summed E-state index contributed by atoms with van der Waals surface area (Å²) in [6.07, 6.45) is 3.41. The fourth-order valence-corrected chi connectivity index (χ4v) is 2.74. The third-order valence-corrected chi connectivity index (χ3v) is 3.51. The third kappa shape index (κ3) is 2.20. The summed E-state index contributed by atoms with van der Waals surface area (Å²) in [7, 11) is -1.32. The molecule has 0 aromatic heterocycles. The molecule has 0 saturated heterocycles.